The molecule has 1 rings (SSSR count). The number of rotatable bonds is 2. The topological polar surface area (TPSA) is 60.2 Å². The maximum atomic E-state index is 11.6. The molecule has 0 aliphatic heterocycles. The van der Waals surface area contributed by atoms with E-state index >= 15 is 0 Å². The predicted molar refractivity (Wildman–Crippen MR) is 80.7 cm³/mol. The normalized spacial score (nSPS) is 12.3. The summed E-state index contributed by atoms with van der Waals surface area (Å²) in [7, 11) is 0. The first-order chi connectivity index (χ1) is 8.85. The van der Waals surface area contributed by atoms with Crippen molar-refractivity contribution in [1.82, 2.24) is 0 Å². The SMILES string of the molecule is CC(C)(C)c1cc(C(=O)Cl)c([N+](=O)[O-])c(C(C)(C)C)c1. The second kappa shape index (κ2) is 5.17. The van der Waals surface area contributed by atoms with Gasteiger partial charge in [0.25, 0.3) is 10.9 Å². The van der Waals surface area contributed by atoms with Crippen LogP contribution in [0.5, 0.6) is 0 Å². The van der Waals surface area contributed by atoms with Crippen LogP contribution in [0.3, 0.4) is 0 Å². The molecule has 0 radical (unpaired) electrons. The highest BCUT2D eigenvalue weighted by Gasteiger charge is 2.32. The Bertz CT molecular complexity index is 566. The summed E-state index contributed by atoms with van der Waals surface area (Å²) >= 11 is 5.55. The van der Waals surface area contributed by atoms with Gasteiger partial charge in [0.05, 0.1) is 4.92 Å². The van der Waals surface area contributed by atoms with Gasteiger partial charge in [-0.15, -0.1) is 0 Å². The lowest BCUT2D eigenvalue weighted by Crippen LogP contribution is -2.20. The lowest BCUT2D eigenvalue weighted by Gasteiger charge is -2.25. The van der Waals surface area contributed by atoms with Crippen LogP contribution in [0.25, 0.3) is 0 Å². The van der Waals surface area contributed by atoms with Crippen molar-refractivity contribution >= 4 is 22.5 Å². The summed E-state index contributed by atoms with van der Waals surface area (Å²) in [6.45, 7) is 11.6. The smallest absolute Gasteiger partial charge is 0.275 e. The summed E-state index contributed by atoms with van der Waals surface area (Å²) in [5.74, 6) is 0. The summed E-state index contributed by atoms with van der Waals surface area (Å²) in [6.07, 6.45) is 0. The number of carbonyl (C=O) groups excluding carboxylic acids is 1. The number of hydrogen-bond donors (Lipinski definition) is 0. The van der Waals surface area contributed by atoms with Gasteiger partial charge in [-0.1, -0.05) is 41.5 Å². The Morgan fingerprint density at radius 2 is 1.60 bits per heavy atom. The number of nitro benzene ring substituents is 1. The van der Waals surface area contributed by atoms with Crippen molar-refractivity contribution in [2.45, 2.75) is 52.4 Å². The molecule has 0 unspecified atom stereocenters. The highest BCUT2D eigenvalue weighted by molar-refractivity contribution is 6.68. The number of nitro groups is 1. The van der Waals surface area contributed by atoms with Gasteiger partial charge in [-0.05, 0) is 40.1 Å². The van der Waals surface area contributed by atoms with E-state index in [1.54, 1.807) is 0 Å². The third-order valence-corrected chi connectivity index (χ3v) is 3.38. The molecule has 110 valence electrons. The molecule has 0 aliphatic rings. The van der Waals surface area contributed by atoms with Crippen LogP contribution in [0.2, 0.25) is 0 Å². The molecule has 0 spiro atoms. The molecule has 20 heavy (non-hydrogen) atoms. The molecule has 0 heterocycles. The maximum Gasteiger partial charge on any atom is 0.285 e. The molecule has 5 heteroatoms. The second-order valence-electron chi connectivity index (χ2n) is 6.95. The van der Waals surface area contributed by atoms with Crippen molar-refractivity contribution in [2.75, 3.05) is 0 Å². The Kier molecular flexibility index (Phi) is 4.30. The van der Waals surface area contributed by atoms with Crippen molar-refractivity contribution in [3.63, 3.8) is 0 Å². The van der Waals surface area contributed by atoms with Gasteiger partial charge in [-0.25, -0.2) is 0 Å². The van der Waals surface area contributed by atoms with E-state index in [0.717, 1.165) is 5.56 Å². The van der Waals surface area contributed by atoms with Gasteiger partial charge in [0.1, 0.15) is 5.56 Å². The maximum absolute atomic E-state index is 11.6. The Morgan fingerprint density at radius 3 is 1.90 bits per heavy atom. The van der Waals surface area contributed by atoms with Gasteiger partial charge in [-0.2, -0.15) is 0 Å². The highest BCUT2D eigenvalue weighted by Crippen LogP contribution is 2.38. The van der Waals surface area contributed by atoms with Crippen molar-refractivity contribution in [2.24, 2.45) is 0 Å². The predicted octanol–water partition coefficient (Wildman–Crippen LogP) is 4.57. The number of hydrogen-bond acceptors (Lipinski definition) is 3. The average molecular weight is 298 g/mol. The fraction of sp³-hybridized carbons (Fsp3) is 0.533. The molecule has 0 bridgehead atoms. The van der Waals surface area contributed by atoms with Crippen LogP contribution in [0.1, 0.15) is 63.0 Å². The molecule has 0 N–H and O–H groups in total. The van der Waals surface area contributed by atoms with E-state index < -0.39 is 15.6 Å². The lowest BCUT2D eigenvalue weighted by molar-refractivity contribution is -0.386. The highest BCUT2D eigenvalue weighted by atomic mass is 35.5. The first-order valence-electron chi connectivity index (χ1n) is 6.39. The summed E-state index contributed by atoms with van der Waals surface area (Å²) in [6, 6.07) is 3.34. The van der Waals surface area contributed by atoms with Crippen LogP contribution in [0.4, 0.5) is 5.69 Å². The summed E-state index contributed by atoms with van der Waals surface area (Å²) in [4.78, 5) is 22.4. The van der Waals surface area contributed by atoms with E-state index in [-0.39, 0.29) is 16.7 Å². The van der Waals surface area contributed by atoms with Gasteiger partial charge in [0.2, 0.25) is 0 Å². The van der Waals surface area contributed by atoms with Crippen LogP contribution >= 0.6 is 11.6 Å². The molecule has 1 aromatic rings. The van der Waals surface area contributed by atoms with Crippen molar-refractivity contribution in [3.05, 3.63) is 38.9 Å². The molecule has 1 aromatic carbocycles. The Morgan fingerprint density at radius 1 is 1.10 bits per heavy atom. The van der Waals surface area contributed by atoms with E-state index in [4.69, 9.17) is 11.6 Å². The average Bonchev–Trinajstić information content (AvgIpc) is 2.24. The zero-order valence-corrected chi connectivity index (χ0v) is 13.5. The van der Waals surface area contributed by atoms with Crippen molar-refractivity contribution in [1.29, 1.82) is 0 Å². The molecule has 0 aliphatic carbocycles. The van der Waals surface area contributed by atoms with Gasteiger partial charge in [0.15, 0.2) is 0 Å². The second-order valence-corrected chi connectivity index (χ2v) is 7.29. The van der Waals surface area contributed by atoms with E-state index in [2.05, 4.69) is 0 Å². The fourth-order valence-electron chi connectivity index (χ4n) is 1.99. The molecule has 0 fully saturated rings. The van der Waals surface area contributed by atoms with Crippen LogP contribution in [0.15, 0.2) is 12.1 Å². The minimum absolute atomic E-state index is 0.0333. The van der Waals surface area contributed by atoms with Crippen LogP contribution in [-0.2, 0) is 10.8 Å². The molecule has 0 aromatic heterocycles. The third-order valence-electron chi connectivity index (χ3n) is 3.18. The van der Waals surface area contributed by atoms with Gasteiger partial charge < -0.3 is 0 Å². The monoisotopic (exact) mass is 297 g/mol. The minimum atomic E-state index is -0.798. The van der Waals surface area contributed by atoms with Crippen molar-refractivity contribution < 1.29 is 9.72 Å². The standard InChI is InChI=1S/C15H20ClNO3/c1-14(2,3)9-7-10(13(16)18)12(17(19)20)11(8-9)15(4,5)6/h7-8H,1-6H3. The largest absolute Gasteiger partial charge is 0.285 e. The van der Waals surface area contributed by atoms with Crippen LogP contribution < -0.4 is 0 Å². The zero-order valence-electron chi connectivity index (χ0n) is 12.7. The van der Waals surface area contributed by atoms with Gasteiger partial charge in [0, 0.05) is 5.56 Å². The zero-order chi connectivity index (χ0) is 15.9. The molecular weight excluding hydrogens is 278 g/mol. The van der Waals surface area contributed by atoms with E-state index in [1.165, 1.54) is 6.07 Å². The summed E-state index contributed by atoms with van der Waals surface area (Å²) in [5.41, 5.74) is 0.483. The first-order valence-corrected chi connectivity index (χ1v) is 6.76. The summed E-state index contributed by atoms with van der Waals surface area (Å²) < 4.78 is 0. The van der Waals surface area contributed by atoms with Crippen LogP contribution in [-0.4, -0.2) is 10.2 Å². The van der Waals surface area contributed by atoms with E-state index in [9.17, 15) is 14.9 Å². The van der Waals surface area contributed by atoms with Crippen LogP contribution in [0, 0.1) is 10.1 Å². The first kappa shape index (κ1) is 16.6. The number of halogens is 1. The number of nitrogens with zero attached hydrogens (tertiary/aromatic N) is 1. The molecular formula is C15H20ClNO3. The molecule has 0 atom stereocenters. The van der Waals surface area contributed by atoms with E-state index in [0.29, 0.717) is 5.56 Å². The van der Waals surface area contributed by atoms with Gasteiger partial charge >= 0.3 is 0 Å². The van der Waals surface area contributed by atoms with E-state index in [1.807, 2.05) is 47.6 Å². The molecule has 0 saturated heterocycles. The molecule has 4 nitrogen and oxygen atoms in total. The Balaban J connectivity index is 3.83. The van der Waals surface area contributed by atoms with Gasteiger partial charge in [-0.3, -0.25) is 14.9 Å². The molecule has 0 saturated carbocycles. The minimum Gasteiger partial charge on any atom is -0.275 e. The summed E-state index contributed by atoms with van der Waals surface area (Å²) in [5, 5.41) is 10.6. The number of benzene rings is 1. The van der Waals surface area contributed by atoms with Crippen molar-refractivity contribution in [3.8, 4) is 0 Å². The quantitative estimate of drug-likeness (QED) is 0.456. The fourth-order valence-corrected chi connectivity index (χ4v) is 2.13. The third kappa shape index (κ3) is 3.37. The Hall–Kier alpha value is -1.42. The molecule has 0 amide bonds. The number of carbonyl (C=O) groups is 1. The lowest BCUT2D eigenvalue weighted by atomic mass is 9.78. The Labute approximate surface area is 124 Å².